The highest BCUT2D eigenvalue weighted by atomic mass is 35.5. The lowest BCUT2D eigenvalue weighted by molar-refractivity contribution is -0.377. The Morgan fingerprint density at radius 1 is 0.556 bits per heavy atom. The molecule has 0 aromatic carbocycles. The zero-order chi connectivity index (χ0) is 15.0. The third kappa shape index (κ3) is 1.24. The zero-order valence-corrected chi connectivity index (χ0v) is 10.3. The maximum absolute atomic E-state index is 13.6. The van der Waals surface area contributed by atoms with E-state index in [2.05, 4.69) is 23.2 Å². The predicted octanol–water partition coefficient (Wildman–Crippen LogP) is 4.54. The van der Waals surface area contributed by atoms with Crippen molar-refractivity contribution in [3.63, 3.8) is 0 Å². The molecule has 0 aromatic rings. The van der Waals surface area contributed by atoms with E-state index in [-0.39, 0.29) is 0 Å². The topological polar surface area (TPSA) is 0 Å². The van der Waals surface area contributed by atoms with Crippen molar-refractivity contribution in [1.82, 2.24) is 0 Å². The second-order valence-electron chi connectivity index (χ2n) is 4.30. The minimum Gasteiger partial charge on any atom is -0.232 e. The van der Waals surface area contributed by atoms with Crippen LogP contribution in [0.1, 0.15) is 13.8 Å². The summed E-state index contributed by atoms with van der Waals surface area (Å²) in [5.41, 5.74) is -9.87. The highest BCUT2D eigenvalue weighted by Gasteiger charge is 2.94. The fraction of sp³-hybridized carbons (Fsp3) is 1.00. The lowest BCUT2D eigenvalue weighted by Crippen LogP contribution is -2.82. The van der Waals surface area contributed by atoms with Crippen LogP contribution in [0.3, 0.4) is 0 Å². The van der Waals surface area contributed by atoms with Crippen LogP contribution >= 0.6 is 23.2 Å². The zero-order valence-electron chi connectivity index (χ0n) is 8.78. The number of hydrogen-bond acceptors (Lipinski definition) is 0. The van der Waals surface area contributed by atoms with Gasteiger partial charge in [-0.25, -0.2) is 17.6 Å². The fourth-order valence-electron chi connectivity index (χ4n) is 1.57. The van der Waals surface area contributed by atoms with Gasteiger partial charge in [-0.2, -0.15) is 17.6 Å². The van der Waals surface area contributed by atoms with E-state index in [0.717, 1.165) is 0 Å². The van der Waals surface area contributed by atoms with Gasteiger partial charge in [0.15, 0.2) is 0 Å². The summed E-state index contributed by atoms with van der Waals surface area (Å²) in [4.78, 5) is 0. The predicted molar refractivity (Wildman–Crippen MR) is 48.3 cm³/mol. The van der Waals surface area contributed by atoms with Crippen molar-refractivity contribution in [3.8, 4) is 0 Å². The molecule has 1 aliphatic rings. The lowest BCUT2D eigenvalue weighted by Gasteiger charge is -2.55. The van der Waals surface area contributed by atoms with E-state index < -0.39 is 47.3 Å². The molecular weight excluding hydrogens is 319 g/mol. The lowest BCUT2D eigenvalue weighted by atomic mass is 9.70. The second-order valence-corrected chi connectivity index (χ2v) is 5.35. The van der Waals surface area contributed by atoms with Gasteiger partial charge in [-0.15, -0.1) is 0 Å². The molecule has 0 nitrogen and oxygen atoms in total. The van der Waals surface area contributed by atoms with Gasteiger partial charge in [0.1, 0.15) is 0 Å². The molecule has 4 unspecified atom stereocenters. The van der Waals surface area contributed by atoms with Gasteiger partial charge in [-0.3, -0.25) is 0 Å². The number of halogens is 10. The summed E-state index contributed by atoms with van der Waals surface area (Å²) < 4.78 is 107. The standard InChI is InChI=1S/C8H6Cl2F8/c1-3(11)5(9,13)6(10,14)4(2,12)8(17,18)7(3,15)16/h1-2H3. The van der Waals surface area contributed by atoms with E-state index in [4.69, 9.17) is 0 Å². The first-order valence-electron chi connectivity index (χ1n) is 4.39. The van der Waals surface area contributed by atoms with E-state index in [1.54, 1.807) is 0 Å². The Morgan fingerprint density at radius 3 is 0.889 bits per heavy atom. The molecule has 0 saturated heterocycles. The van der Waals surface area contributed by atoms with Gasteiger partial charge in [-0.1, -0.05) is 23.2 Å². The molecule has 0 heterocycles. The van der Waals surface area contributed by atoms with Gasteiger partial charge in [0.05, 0.1) is 0 Å². The first kappa shape index (κ1) is 16.1. The summed E-state index contributed by atoms with van der Waals surface area (Å²) in [6.07, 6.45) is 0. The summed E-state index contributed by atoms with van der Waals surface area (Å²) >= 11 is 9.10. The Bertz CT molecular complexity index is 256. The normalized spacial score (nSPS) is 55.3. The SMILES string of the molecule is CC1(F)C(F)(F)C(F)(F)C(C)(F)C(F)(Cl)C1(F)Cl. The highest BCUT2D eigenvalue weighted by Crippen LogP contribution is 2.70. The minimum absolute atomic E-state index is 0.417. The molecule has 1 rings (SSSR count). The van der Waals surface area contributed by atoms with Crippen molar-refractivity contribution >= 4 is 23.2 Å². The highest BCUT2D eigenvalue weighted by molar-refractivity contribution is 6.34. The van der Waals surface area contributed by atoms with E-state index in [0.29, 0.717) is 0 Å². The van der Waals surface area contributed by atoms with Crippen LogP contribution in [-0.2, 0) is 0 Å². The van der Waals surface area contributed by atoms with Crippen molar-refractivity contribution < 1.29 is 35.1 Å². The average Bonchev–Trinajstić information content (AvgIpc) is 2.14. The van der Waals surface area contributed by atoms with Gasteiger partial charge >= 0.3 is 11.8 Å². The number of rotatable bonds is 0. The Balaban J connectivity index is 3.72. The van der Waals surface area contributed by atoms with Gasteiger partial charge < -0.3 is 0 Å². The van der Waals surface area contributed by atoms with Crippen molar-refractivity contribution in [3.05, 3.63) is 0 Å². The van der Waals surface area contributed by atoms with Gasteiger partial charge in [0.25, 0.3) is 10.3 Å². The molecule has 0 N–H and O–H groups in total. The van der Waals surface area contributed by atoms with Crippen LogP contribution in [0.25, 0.3) is 0 Å². The molecule has 0 bridgehead atoms. The summed E-state index contributed by atoms with van der Waals surface area (Å²) in [6.45, 7) is -0.834. The molecular formula is C8H6Cl2F8. The van der Waals surface area contributed by atoms with Crippen LogP contribution in [-0.4, -0.2) is 33.4 Å². The minimum atomic E-state index is -5.91. The Labute approximate surface area is 106 Å². The Morgan fingerprint density at radius 2 is 0.722 bits per heavy atom. The van der Waals surface area contributed by atoms with E-state index in [1.165, 1.54) is 0 Å². The van der Waals surface area contributed by atoms with Crippen LogP contribution in [0.5, 0.6) is 0 Å². The molecule has 0 amide bonds. The van der Waals surface area contributed by atoms with E-state index >= 15 is 0 Å². The van der Waals surface area contributed by atoms with Crippen LogP contribution in [0, 0.1) is 0 Å². The largest absolute Gasteiger partial charge is 0.351 e. The molecule has 0 aromatic heterocycles. The first-order valence-corrected chi connectivity index (χ1v) is 5.15. The molecule has 1 aliphatic carbocycles. The molecule has 1 saturated carbocycles. The number of alkyl halides is 10. The molecule has 1 fully saturated rings. The number of hydrogen-bond donors (Lipinski definition) is 0. The first-order chi connectivity index (χ1) is 7.50. The summed E-state index contributed by atoms with van der Waals surface area (Å²) in [5, 5.41) is -9.81. The third-order valence-electron chi connectivity index (χ3n) is 3.15. The Kier molecular flexibility index (Phi) is 3.01. The van der Waals surface area contributed by atoms with E-state index in [1.807, 2.05) is 0 Å². The molecule has 0 spiro atoms. The second kappa shape index (κ2) is 3.37. The maximum Gasteiger partial charge on any atom is 0.351 e. The van der Waals surface area contributed by atoms with Crippen LogP contribution in [0.4, 0.5) is 35.1 Å². The molecule has 0 radical (unpaired) electrons. The van der Waals surface area contributed by atoms with Gasteiger partial charge in [0, 0.05) is 0 Å². The fourth-order valence-corrected chi connectivity index (χ4v) is 2.17. The van der Waals surface area contributed by atoms with Crippen molar-refractivity contribution in [2.45, 2.75) is 47.3 Å². The van der Waals surface area contributed by atoms with Gasteiger partial charge in [0.2, 0.25) is 11.3 Å². The van der Waals surface area contributed by atoms with Crippen LogP contribution < -0.4 is 0 Å². The molecule has 10 heteroatoms. The van der Waals surface area contributed by atoms with Crippen molar-refractivity contribution in [2.75, 3.05) is 0 Å². The van der Waals surface area contributed by atoms with Crippen LogP contribution in [0.2, 0.25) is 0 Å². The quantitative estimate of drug-likeness (QED) is 0.453. The summed E-state index contributed by atoms with van der Waals surface area (Å²) in [5.74, 6) is -11.8. The molecule has 4 atom stereocenters. The molecule has 0 aliphatic heterocycles. The summed E-state index contributed by atoms with van der Waals surface area (Å²) in [7, 11) is 0. The third-order valence-corrected chi connectivity index (χ3v) is 4.47. The van der Waals surface area contributed by atoms with Crippen LogP contribution in [0.15, 0.2) is 0 Å². The monoisotopic (exact) mass is 324 g/mol. The average molecular weight is 325 g/mol. The smallest absolute Gasteiger partial charge is 0.232 e. The molecule has 18 heavy (non-hydrogen) atoms. The van der Waals surface area contributed by atoms with Gasteiger partial charge in [-0.05, 0) is 13.8 Å². The van der Waals surface area contributed by atoms with E-state index in [9.17, 15) is 35.1 Å². The Hall–Kier alpha value is 0.0200. The van der Waals surface area contributed by atoms with Crippen molar-refractivity contribution in [1.29, 1.82) is 0 Å². The molecule has 108 valence electrons. The van der Waals surface area contributed by atoms with Crippen molar-refractivity contribution in [2.24, 2.45) is 0 Å². The maximum atomic E-state index is 13.6. The summed E-state index contributed by atoms with van der Waals surface area (Å²) in [6, 6.07) is 0.